The molecule has 0 aliphatic carbocycles. The van der Waals surface area contributed by atoms with E-state index in [1.807, 2.05) is 17.7 Å². The van der Waals surface area contributed by atoms with E-state index in [1.165, 1.54) is 4.90 Å². The number of alkyl halides is 1. The molecule has 2 rings (SSSR count). The average molecular weight is 366 g/mol. The van der Waals surface area contributed by atoms with E-state index in [0.29, 0.717) is 24.5 Å². The highest BCUT2D eigenvalue weighted by molar-refractivity contribution is 6.17. The molecular formula is C17H24ClN5O2. The molecule has 0 radical (unpaired) electrons. The Labute approximate surface area is 152 Å². The van der Waals surface area contributed by atoms with Crippen LogP contribution in [0.15, 0.2) is 18.2 Å². The summed E-state index contributed by atoms with van der Waals surface area (Å²) in [5.74, 6) is 1.20. The number of carbonyl (C=O) groups excluding carboxylic acids is 2. The Hall–Kier alpha value is -2.28. The number of fused-ring (bicyclic) bond motifs is 1. The van der Waals surface area contributed by atoms with E-state index in [4.69, 9.17) is 11.6 Å². The first-order chi connectivity index (χ1) is 11.8. The molecule has 3 amide bonds. The number of hydrogen-bond donors (Lipinski definition) is 1. The number of amides is 3. The Morgan fingerprint density at radius 3 is 2.64 bits per heavy atom. The van der Waals surface area contributed by atoms with Gasteiger partial charge in [-0.25, -0.2) is 9.78 Å². The number of aromatic nitrogens is 2. The van der Waals surface area contributed by atoms with Gasteiger partial charge in [-0.3, -0.25) is 4.79 Å². The molecule has 8 heteroatoms. The normalized spacial score (nSPS) is 10.8. The lowest BCUT2D eigenvalue weighted by molar-refractivity contribution is 0.0827. The molecule has 25 heavy (non-hydrogen) atoms. The van der Waals surface area contributed by atoms with Gasteiger partial charge in [0.15, 0.2) is 0 Å². The second kappa shape index (κ2) is 8.20. The van der Waals surface area contributed by atoms with E-state index in [1.54, 1.807) is 38.2 Å². The molecule has 0 saturated carbocycles. The van der Waals surface area contributed by atoms with Crippen molar-refractivity contribution in [3.05, 3.63) is 29.6 Å². The van der Waals surface area contributed by atoms with E-state index in [2.05, 4.69) is 10.3 Å². The van der Waals surface area contributed by atoms with Crippen molar-refractivity contribution in [2.75, 3.05) is 33.6 Å². The number of halogens is 1. The van der Waals surface area contributed by atoms with E-state index < -0.39 is 0 Å². The number of urea groups is 1. The van der Waals surface area contributed by atoms with Gasteiger partial charge in [0.05, 0.1) is 17.6 Å². The molecule has 0 spiro atoms. The topological polar surface area (TPSA) is 70.5 Å². The van der Waals surface area contributed by atoms with Crippen LogP contribution in [0.25, 0.3) is 11.0 Å². The smallest absolute Gasteiger partial charge is 0.317 e. The van der Waals surface area contributed by atoms with E-state index in [0.717, 1.165) is 23.3 Å². The number of nitrogens with one attached hydrogen (secondary N) is 1. The molecule has 1 aromatic heterocycles. The van der Waals surface area contributed by atoms with E-state index in [9.17, 15) is 9.59 Å². The van der Waals surface area contributed by atoms with Crippen LogP contribution < -0.4 is 5.32 Å². The SMILES string of the molecule is CN(C)C(=O)c1ccc2c(c1)nc(CN(C)C(=O)NCCCCl)n2C. The first-order valence-electron chi connectivity index (χ1n) is 8.07. The Morgan fingerprint density at radius 1 is 1.28 bits per heavy atom. The fourth-order valence-corrected chi connectivity index (χ4v) is 2.60. The third-order valence-electron chi connectivity index (χ3n) is 3.94. The molecule has 0 bridgehead atoms. The zero-order valence-electron chi connectivity index (χ0n) is 15.0. The first kappa shape index (κ1) is 19.1. The summed E-state index contributed by atoms with van der Waals surface area (Å²) in [7, 11) is 7.05. The van der Waals surface area contributed by atoms with Crippen molar-refractivity contribution in [2.45, 2.75) is 13.0 Å². The Morgan fingerprint density at radius 2 is 2.00 bits per heavy atom. The highest BCUT2D eigenvalue weighted by Crippen LogP contribution is 2.18. The fourth-order valence-electron chi connectivity index (χ4n) is 2.46. The number of aryl methyl sites for hydroxylation is 1. The standard InChI is InChI=1S/C17H24ClN5O2/c1-21(2)16(24)12-6-7-14-13(10-12)20-15(23(14)4)11-22(3)17(25)19-9-5-8-18/h6-7,10H,5,8-9,11H2,1-4H3,(H,19,25). The fraction of sp³-hybridized carbons (Fsp3) is 0.471. The predicted molar refractivity (Wildman–Crippen MR) is 98.9 cm³/mol. The maximum absolute atomic E-state index is 12.1. The van der Waals surface area contributed by atoms with Crippen molar-refractivity contribution in [3.63, 3.8) is 0 Å². The highest BCUT2D eigenvalue weighted by Gasteiger charge is 2.15. The van der Waals surface area contributed by atoms with Gasteiger partial charge in [-0.1, -0.05) is 0 Å². The van der Waals surface area contributed by atoms with Gasteiger partial charge in [0.2, 0.25) is 0 Å². The second-order valence-electron chi connectivity index (χ2n) is 6.12. The maximum Gasteiger partial charge on any atom is 0.317 e. The van der Waals surface area contributed by atoms with Gasteiger partial charge in [0.1, 0.15) is 5.82 Å². The van der Waals surface area contributed by atoms with Crippen LogP contribution in [0, 0.1) is 0 Å². The summed E-state index contributed by atoms with van der Waals surface area (Å²) < 4.78 is 1.93. The minimum absolute atomic E-state index is 0.0649. The van der Waals surface area contributed by atoms with Crippen molar-refractivity contribution in [3.8, 4) is 0 Å². The van der Waals surface area contributed by atoms with Crippen molar-refractivity contribution in [1.29, 1.82) is 0 Å². The number of hydrogen-bond acceptors (Lipinski definition) is 3. The van der Waals surface area contributed by atoms with Crippen LogP contribution in [0.3, 0.4) is 0 Å². The molecule has 1 N–H and O–H groups in total. The number of nitrogens with zero attached hydrogens (tertiary/aromatic N) is 4. The van der Waals surface area contributed by atoms with Gasteiger partial charge in [-0.15, -0.1) is 11.6 Å². The van der Waals surface area contributed by atoms with Gasteiger partial charge in [0.25, 0.3) is 5.91 Å². The molecule has 7 nitrogen and oxygen atoms in total. The summed E-state index contributed by atoms with van der Waals surface area (Å²) in [6.07, 6.45) is 0.732. The highest BCUT2D eigenvalue weighted by atomic mass is 35.5. The number of carbonyl (C=O) groups is 2. The zero-order valence-corrected chi connectivity index (χ0v) is 15.8. The summed E-state index contributed by atoms with van der Waals surface area (Å²) in [5, 5.41) is 2.81. The lowest BCUT2D eigenvalue weighted by Gasteiger charge is -2.17. The van der Waals surface area contributed by atoms with Crippen LogP contribution in [0.1, 0.15) is 22.6 Å². The monoisotopic (exact) mass is 365 g/mol. The van der Waals surface area contributed by atoms with Gasteiger partial charge in [-0.05, 0) is 24.6 Å². The van der Waals surface area contributed by atoms with Crippen LogP contribution >= 0.6 is 11.6 Å². The summed E-state index contributed by atoms with van der Waals surface area (Å²) in [6.45, 7) is 0.917. The maximum atomic E-state index is 12.1. The lowest BCUT2D eigenvalue weighted by atomic mass is 10.2. The largest absolute Gasteiger partial charge is 0.345 e. The molecule has 0 saturated heterocycles. The zero-order chi connectivity index (χ0) is 18.6. The Bertz CT molecular complexity index is 772. The third kappa shape index (κ3) is 4.42. The van der Waals surface area contributed by atoms with Crippen molar-refractivity contribution in [2.24, 2.45) is 7.05 Å². The number of imidazole rings is 1. The van der Waals surface area contributed by atoms with Crippen LogP contribution in [0.4, 0.5) is 4.79 Å². The van der Waals surface area contributed by atoms with Crippen molar-refractivity contribution >= 4 is 34.6 Å². The van der Waals surface area contributed by atoms with E-state index >= 15 is 0 Å². The quantitative estimate of drug-likeness (QED) is 0.629. The molecule has 136 valence electrons. The summed E-state index contributed by atoms with van der Waals surface area (Å²) in [4.78, 5) is 31.8. The molecule has 0 unspecified atom stereocenters. The molecule has 0 aliphatic rings. The third-order valence-corrected chi connectivity index (χ3v) is 4.21. The van der Waals surface area contributed by atoms with Crippen LogP contribution in [0.2, 0.25) is 0 Å². The van der Waals surface area contributed by atoms with Gasteiger partial charge in [-0.2, -0.15) is 0 Å². The molecule has 0 aliphatic heterocycles. The molecule has 1 heterocycles. The first-order valence-corrected chi connectivity index (χ1v) is 8.60. The van der Waals surface area contributed by atoms with Crippen molar-refractivity contribution in [1.82, 2.24) is 24.7 Å². The average Bonchev–Trinajstić information content (AvgIpc) is 2.89. The summed E-state index contributed by atoms with van der Waals surface area (Å²) in [5.41, 5.74) is 2.25. The predicted octanol–water partition coefficient (Wildman–Crippen LogP) is 2.05. The number of benzene rings is 1. The number of rotatable bonds is 6. The molecule has 0 atom stereocenters. The van der Waals surface area contributed by atoms with Crippen molar-refractivity contribution < 1.29 is 9.59 Å². The Kier molecular flexibility index (Phi) is 6.25. The van der Waals surface area contributed by atoms with Crippen LogP contribution in [-0.2, 0) is 13.6 Å². The molecule has 0 fully saturated rings. The van der Waals surface area contributed by atoms with Gasteiger partial charge >= 0.3 is 6.03 Å². The van der Waals surface area contributed by atoms with Crippen LogP contribution in [0.5, 0.6) is 0 Å². The summed E-state index contributed by atoms with van der Waals surface area (Å²) in [6, 6.07) is 5.28. The molecule has 1 aromatic carbocycles. The Balaban J connectivity index is 2.17. The minimum atomic E-state index is -0.166. The minimum Gasteiger partial charge on any atom is -0.345 e. The summed E-state index contributed by atoms with van der Waals surface area (Å²) >= 11 is 5.61. The van der Waals surface area contributed by atoms with E-state index in [-0.39, 0.29) is 11.9 Å². The second-order valence-corrected chi connectivity index (χ2v) is 6.50. The van der Waals surface area contributed by atoms with Gasteiger partial charge < -0.3 is 19.7 Å². The van der Waals surface area contributed by atoms with Gasteiger partial charge in [0, 0.05) is 46.2 Å². The van der Waals surface area contributed by atoms with Crippen LogP contribution in [-0.4, -0.2) is 64.9 Å². The molecular weight excluding hydrogens is 342 g/mol. The molecule has 2 aromatic rings. The lowest BCUT2D eigenvalue weighted by Crippen LogP contribution is -2.37.